The predicted octanol–water partition coefficient (Wildman–Crippen LogP) is 1.67. The van der Waals surface area contributed by atoms with E-state index in [9.17, 15) is 14.4 Å². The Morgan fingerprint density at radius 1 is 0.938 bits per heavy atom. The van der Waals surface area contributed by atoms with Crippen LogP contribution < -0.4 is 0 Å². The van der Waals surface area contributed by atoms with Gasteiger partial charge >= 0.3 is 5.97 Å². The van der Waals surface area contributed by atoms with Crippen LogP contribution in [-0.2, 0) is 35.4 Å². The van der Waals surface area contributed by atoms with Crippen molar-refractivity contribution in [2.24, 2.45) is 10.8 Å². The molecule has 0 saturated heterocycles. The van der Waals surface area contributed by atoms with E-state index in [0.29, 0.717) is 0 Å². The van der Waals surface area contributed by atoms with E-state index in [-0.39, 0.29) is 33.3 Å². The maximum Gasteiger partial charge on any atom is 0.316 e. The molecule has 0 aromatic carbocycles. The summed E-state index contributed by atoms with van der Waals surface area (Å²) in [5, 5.41) is 8.80. The summed E-state index contributed by atoms with van der Waals surface area (Å²) in [7, 11) is 0. The number of carbonyl (C=O) groups excluding carboxylic acids is 2. The van der Waals surface area contributed by atoms with Gasteiger partial charge in [0.05, 0.1) is 6.42 Å². The number of hydrogen-bond donors (Lipinski definition) is 1. The SMILES string of the molecule is CC(C)(C)C(=O)CC(=O)C(C)(C)C(=O)O.[Mo]. The molecule has 0 aromatic rings. The van der Waals surface area contributed by atoms with Gasteiger partial charge in [-0.15, -0.1) is 0 Å². The van der Waals surface area contributed by atoms with Gasteiger partial charge in [-0.2, -0.15) is 0 Å². The van der Waals surface area contributed by atoms with E-state index >= 15 is 0 Å². The number of hydrogen-bond acceptors (Lipinski definition) is 3. The molecule has 0 aliphatic carbocycles. The molecule has 1 N–H and O–H groups in total. The van der Waals surface area contributed by atoms with Crippen LogP contribution in [0.5, 0.6) is 0 Å². The van der Waals surface area contributed by atoms with Crippen LogP contribution in [0.15, 0.2) is 0 Å². The summed E-state index contributed by atoms with van der Waals surface area (Å²) in [6, 6.07) is 0. The minimum Gasteiger partial charge on any atom is -0.481 e. The van der Waals surface area contributed by atoms with Crippen LogP contribution in [0.2, 0.25) is 0 Å². The molecule has 0 saturated carbocycles. The number of aliphatic carboxylic acids is 1. The van der Waals surface area contributed by atoms with Crippen LogP contribution in [0.4, 0.5) is 0 Å². The number of carboxylic acid groups (broad SMARTS) is 1. The molecule has 0 unspecified atom stereocenters. The smallest absolute Gasteiger partial charge is 0.316 e. The van der Waals surface area contributed by atoms with E-state index in [1.54, 1.807) is 20.8 Å². The van der Waals surface area contributed by atoms with E-state index < -0.39 is 22.6 Å². The van der Waals surface area contributed by atoms with Crippen molar-refractivity contribution in [3.05, 3.63) is 0 Å². The number of rotatable bonds is 4. The van der Waals surface area contributed by atoms with Gasteiger partial charge in [0.25, 0.3) is 0 Å². The van der Waals surface area contributed by atoms with Crippen LogP contribution in [0, 0.1) is 10.8 Å². The van der Waals surface area contributed by atoms with Crippen molar-refractivity contribution in [2.75, 3.05) is 0 Å². The summed E-state index contributed by atoms with van der Waals surface area (Å²) < 4.78 is 0. The molecule has 5 heteroatoms. The number of Topliss-reactive ketones (excluding diaryl/α,β-unsaturated/α-hetero) is 2. The number of ketones is 2. The summed E-state index contributed by atoms with van der Waals surface area (Å²) in [4.78, 5) is 33.9. The zero-order valence-electron chi connectivity index (χ0n) is 10.3. The molecule has 92 valence electrons. The average molecular weight is 310 g/mol. The fourth-order valence-electron chi connectivity index (χ4n) is 0.751. The van der Waals surface area contributed by atoms with Crippen molar-refractivity contribution in [1.82, 2.24) is 0 Å². The van der Waals surface area contributed by atoms with Gasteiger partial charge in [0.15, 0.2) is 5.78 Å². The predicted molar refractivity (Wildman–Crippen MR) is 55.5 cm³/mol. The monoisotopic (exact) mass is 312 g/mol. The molecule has 0 spiro atoms. The third-order valence-corrected chi connectivity index (χ3v) is 2.39. The van der Waals surface area contributed by atoms with E-state index in [4.69, 9.17) is 5.11 Å². The normalized spacial score (nSPS) is 11.6. The fourth-order valence-corrected chi connectivity index (χ4v) is 0.751. The first-order valence-electron chi connectivity index (χ1n) is 4.79. The van der Waals surface area contributed by atoms with Gasteiger partial charge in [-0.25, -0.2) is 0 Å². The third-order valence-electron chi connectivity index (χ3n) is 2.39. The van der Waals surface area contributed by atoms with Crippen LogP contribution >= 0.6 is 0 Å². The maximum absolute atomic E-state index is 11.6. The molecule has 0 radical (unpaired) electrons. The molecule has 0 aliphatic rings. The molecule has 0 bridgehead atoms. The molecule has 0 fully saturated rings. The van der Waals surface area contributed by atoms with E-state index in [1.807, 2.05) is 0 Å². The Bertz CT molecular complexity index is 300. The van der Waals surface area contributed by atoms with E-state index in [0.717, 1.165) is 0 Å². The van der Waals surface area contributed by atoms with Crippen molar-refractivity contribution >= 4 is 17.5 Å². The Morgan fingerprint density at radius 3 is 1.56 bits per heavy atom. The second-order valence-corrected chi connectivity index (χ2v) is 5.20. The second-order valence-electron chi connectivity index (χ2n) is 5.20. The molecule has 0 aromatic heterocycles. The summed E-state index contributed by atoms with van der Waals surface area (Å²) >= 11 is 0. The van der Waals surface area contributed by atoms with Gasteiger partial charge in [-0.3, -0.25) is 14.4 Å². The average Bonchev–Trinajstić information content (AvgIpc) is 2.01. The molecule has 4 nitrogen and oxygen atoms in total. The van der Waals surface area contributed by atoms with Crippen molar-refractivity contribution in [1.29, 1.82) is 0 Å². The maximum atomic E-state index is 11.6. The van der Waals surface area contributed by atoms with Gasteiger partial charge in [0.2, 0.25) is 0 Å². The molecule has 0 heterocycles. The van der Waals surface area contributed by atoms with Crippen molar-refractivity contribution in [3.63, 3.8) is 0 Å². The summed E-state index contributed by atoms with van der Waals surface area (Å²) in [6.07, 6.45) is -0.317. The Morgan fingerprint density at radius 2 is 1.31 bits per heavy atom. The van der Waals surface area contributed by atoms with Gasteiger partial charge < -0.3 is 5.11 Å². The van der Waals surface area contributed by atoms with Gasteiger partial charge in [0.1, 0.15) is 11.2 Å². The number of carbonyl (C=O) groups is 3. The van der Waals surface area contributed by atoms with E-state index in [2.05, 4.69) is 0 Å². The van der Waals surface area contributed by atoms with Crippen LogP contribution in [0.25, 0.3) is 0 Å². The summed E-state index contributed by atoms with van der Waals surface area (Å²) in [5.41, 5.74) is -2.09. The van der Waals surface area contributed by atoms with Crippen molar-refractivity contribution in [3.8, 4) is 0 Å². The second kappa shape index (κ2) is 5.72. The number of carboxylic acids is 1. The van der Waals surface area contributed by atoms with E-state index in [1.165, 1.54) is 13.8 Å². The largest absolute Gasteiger partial charge is 0.481 e. The van der Waals surface area contributed by atoms with Gasteiger partial charge in [0, 0.05) is 26.5 Å². The van der Waals surface area contributed by atoms with Crippen molar-refractivity contribution in [2.45, 2.75) is 41.0 Å². The topological polar surface area (TPSA) is 71.4 Å². The molecule has 0 amide bonds. The zero-order valence-corrected chi connectivity index (χ0v) is 12.3. The third kappa shape index (κ3) is 4.56. The van der Waals surface area contributed by atoms with Gasteiger partial charge in [-0.05, 0) is 13.8 Å². The molecule has 0 atom stereocenters. The van der Waals surface area contributed by atoms with Gasteiger partial charge in [-0.1, -0.05) is 20.8 Å². The molecular formula is C11H18MoO4. The first-order valence-corrected chi connectivity index (χ1v) is 4.79. The first-order chi connectivity index (χ1) is 6.49. The Kier molecular flexibility index (Phi) is 6.39. The first kappa shape index (κ1) is 17.9. The van der Waals surface area contributed by atoms with Crippen LogP contribution in [-0.4, -0.2) is 22.6 Å². The fraction of sp³-hybridized carbons (Fsp3) is 0.727. The summed E-state index contributed by atoms with van der Waals surface area (Å²) in [6.45, 7) is 7.74. The van der Waals surface area contributed by atoms with Crippen molar-refractivity contribution < 1.29 is 40.6 Å². The quantitative estimate of drug-likeness (QED) is 0.633. The van der Waals surface area contributed by atoms with Crippen LogP contribution in [0.1, 0.15) is 41.0 Å². The standard InChI is InChI=1S/C11H18O4.Mo/c1-10(2,3)7(12)6-8(13)11(4,5)9(14)15;/h6H2,1-5H3,(H,14,15);. The van der Waals surface area contributed by atoms with Crippen LogP contribution in [0.3, 0.4) is 0 Å². The Hall–Kier alpha value is -0.502. The minimum absolute atomic E-state index is 0. The molecular weight excluding hydrogens is 292 g/mol. The Labute approximate surface area is 110 Å². The molecule has 16 heavy (non-hydrogen) atoms. The minimum atomic E-state index is -1.49. The molecule has 0 rings (SSSR count). The Balaban J connectivity index is 0. The molecule has 0 aliphatic heterocycles. The zero-order chi connectivity index (χ0) is 12.4. The summed E-state index contributed by atoms with van der Waals surface area (Å²) in [5.74, 6) is -1.98.